The number of pyridine rings is 1. The minimum Gasteiger partial charge on any atom is -0.351 e. The average molecular weight is 341 g/mol. The lowest BCUT2D eigenvalue weighted by atomic mass is 10.1. The topological polar surface area (TPSA) is 65.2 Å². The van der Waals surface area contributed by atoms with Crippen molar-refractivity contribution in [3.8, 4) is 0 Å². The van der Waals surface area contributed by atoms with E-state index in [9.17, 15) is 22.8 Å². The van der Waals surface area contributed by atoms with Crippen LogP contribution in [0.5, 0.6) is 0 Å². The largest absolute Gasteiger partial charge is 0.401 e. The summed E-state index contributed by atoms with van der Waals surface area (Å²) in [5.41, 5.74) is -0.231. The van der Waals surface area contributed by atoms with Crippen molar-refractivity contribution in [1.29, 1.82) is 0 Å². The highest BCUT2D eigenvalue weighted by molar-refractivity contribution is 5.96. The highest BCUT2D eigenvalue weighted by Crippen LogP contribution is 2.15. The number of carbonyl (C=O) groups excluding carboxylic acids is 1. The molecule has 1 amide bonds. The number of rotatable bonds is 6. The van der Waals surface area contributed by atoms with Crippen molar-refractivity contribution in [2.45, 2.75) is 12.6 Å². The molecule has 1 aromatic heterocycles. The lowest BCUT2D eigenvalue weighted by molar-refractivity contribution is -0.143. The molecule has 0 atom stereocenters. The Kier molecular flexibility index (Phi) is 5.61. The number of hydrogen-bond donors (Lipinski definition) is 2. The first kappa shape index (κ1) is 18.0. The van der Waals surface area contributed by atoms with Gasteiger partial charge in [0.25, 0.3) is 11.5 Å². The Balaban J connectivity index is 1.88. The van der Waals surface area contributed by atoms with Gasteiger partial charge in [-0.05, 0) is 37.5 Å². The van der Waals surface area contributed by atoms with Gasteiger partial charge in [-0.25, -0.2) is 0 Å². The van der Waals surface area contributed by atoms with E-state index in [1.54, 1.807) is 30.3 Å². The monoisotopic (exact) mass is 341 g/mol. The van der Waals surface area contributed by atoms with Gasteiger partial charge in [-0.2, -0.15) is 13.2 Å². The van der Waals surface area contributed by atoms with E-state index in [2.05, 4.69) is 10.3 Å². The van der Waals surface area contributed by atoms with Crippen LogP contribution in [0.3, 0.4) is 0 Å². The molecule has 0 bridgehead atoms. The van der Waals surface area contributed by atoms with E-state index in [-0.39, 0.29) is 24.3 Å². The summed E-state index contributed by atoms with van der Waals surface area (Å²) >= 11 is 0. The van der Waals surface area contributed by atoms with E-state index in [1.807, 2.05) is 0 Å². The van der Waals surface area contributed by atoms with Gasteiger partial charge < -0.3 is 10.3 Å². The lowest BCUT2D eigenvalue weighted by Crippen LogP contribution is -2.34. The van der Waals surface area contributed by atoms with Crippen LogP contribution < -0.4 is 10.9 Å². The molecule has 0 spiro atoms. The molecule has 8 heteroatoms. The summed E-state index contributed by atoms with van der Waals surface area (Å²) < 4.78 is 36.6. The Morgan fingerprint density at radius 3 is 2.71 bits per heavy atom. The third kappa shape index (κ3) is 5.09. The van der Waals surface area contributed by atoms with Crippen LogP contribution in [0.1, 0.15) is 16.9 Å². The van der Waals surface area contributed by atoms with E-state index in [0.717, 1.165) is 4.90 Å². The van der Waals surface area contributed by atoms with E-state index in [4.69, 9.17) is 0 Å². The number of aromatic nitrogens is 1. The van der Waals surface area contributed by atoms with Crippen molar-refractivity contribution in [3.63, 3.8) is 0 Å². The summed E-state index contributed by atoms with van der Waals surface area (Å²) in [6.45, 7) is -0.567. The quantitative estimate of drug-likeness (QED) is 0.791. The van der Waals surface area contributed by atoms with Crippen LogP contribution in [0.25, 0.3) is 10.8 Å². The number of H-pyrrole nitrogens is 1. The van der Waals surface area contributed by atoms with Gasteiger partial charge in [-0.3, -0.25) is 14.5 Å². The van der Waals surface area contributed by atoms with Gasteiger partial charge in [0.05, 0.1) is 6.54 Å². The van der Waals surface area contributed by atoms with E-state index >= 15 is 0 Å². The van der Waals surface area contributed by atoms with Gasteiger partial charge in [-0.1, -0.05) is 18.2 Å². The van der Waals surface area contributed by atoms with Crippen LogP contribution in [0.15, 0.2) is 35.1 Å². The Morgan fingerprint density at radius 1 is 1.29 bits per heavy atom. The maximum atomic E-state index is 12.2. The second-order valence-corrected chi connectivity index (χ2v) is 5.56. The minimum absolute atomic E-state index is 0.127. The smallest absolute Gasteiger partial charge is 0.351 e. The number of hydrogen-bond acceptors (Lipinski definition) is 3. The number of amides is 1. The molecular weight excluding hydrogens is 323 g/mol. The van der Waals surface area contributed by atoms with Gasteiger partial charge in [0.15, 0.2) is 0 Å². The molecule has 2 rings (SSSR count). The number of nitrogens with one attached hydrogen (secondary N) is 2. The predicted octanol–water partition coefficient (Wildman–Crippen LogP) is 2.14. The summed E-state index contributed by atoms with van der Waals surface area (Å²) in [5, 5.41) is 3.73. The molecule has 2 N–H and O–H groups in total. The van der Waals surface area contributed by atoms with E-state index in [0.29, 0.717) is 17.2 Å². The maximum absolute atomic E-state index is 12.2. The molecule has 0 saturated carbocycles. The summed E-state index contributed by atoms with van der Waals surface area (Å²) in [7, 11) is 1.37. The van der Waals surface area contributed by atoms with Crippen LogP contribution in [0.4, 0.5) is 13.2 Å². The molecule has 0 saturated heterocycles. The summed E-state index contributed by atoms with van der Waals surface area (Å²) in [5.74, 6) is -0.462. The molecule has 24 heavy (non-hydrogen) atoms. The maximum Gasteiger partial charge on any atom is 0.401 e. The van der Waals surface area contributed by atoms with Gasteiger partial charge in [0.2, 0.25) is 0 Å². The first-order chi connectivity index (χ1) is 11.3. The highest BCUT2D eigenvalue weighted by Gasteiger charge is 2.28. The zero-order chi connectivity index (χ0) is 17.7. The number of benzene rings is 1. The average Bonchev–Trinajstić information content (AvgIpc) is 2.49. The van der Waals surface area contributed by atoms with Crippen molar-refractivity contribution < 1.29 is 18.0 Å². The number of fused-ring (bicyclic) bond motifs is 1. The first-order valence-electron chi connectivity index (χ1n) is 7.42. The Labute approximate surface area is 136 Å². The third-order valence-electron chi connectivity index (χ3n) is 3.45. The standard InChI is InChI=1S/C16H18F3N3O2/c1-22(10-16(17,18)19)8-4-7-20-15(24)13-9-11-5-2-3-6-12(11)14(23)21-13/h2-3,5-6,9H,4,7-8,10H2,1H3,(H,20,24)(H,21,23). The molecular formula is C16H18F3N3O2. The van der Waals surface area contributed by atoms with Crippen molar-refractivity contribution >= 4 is 16.7 Å². The molecule has 0 unspecified atom stereocenters. The fourth-order valence-corrected chi connectivity index (χ4v) is 2.36. The fraction of sp³-hybridized carbons (Fsp3) is 0.375. The molecule has 0 radical (unpaired) electrons. The van der Waals surface area contributed by atoms with Crippen molar-refractivity contribution in [2.75, 3.05) is 26.7 Å². The van der Waals surface area contributed by atoms with Crippen LogP contribution in [0.2, 0.25) is 0 Å². The van der Waals surface area contributed by atoms with Gasteiger partial charge in [-0.15, -0.1) is 0 Å². The Hall–Kier alpha value is -2.35. The zero-order valence-corrected chi connectivity index (χ0v) is 13.1. The van der Waals surface area contributed by atoms with Crippen LogP contribution in [-0.2, 0) is 0 Å². The molecule has 0 aliphatic rings. The number of nitrogens with zero attached hydrogens (tertiary/aromatic N) is 1. The van der Waals surface area contributed by atoms with Crippen molar-refractivity contribution in [3.05, 3.63) is 46.4 Å². The number of alkyl halides is 3. The number of carbonyl (C=O) groups is 1. The zero-order valence-electron chi connectivity index (χ0n) is 13.1. The van der Waals surface area contributed by atoms with Crippen LogP contribution in [0, 0.1) is 0 Å². The van der Waals surface area contributed by atoms with Gasteiger partial charge >= 0.3 is 6.18 Å². The molecule has 0 fully saturated rings. The summed E-state index contributed by atoms with van der Waals surface area (Å²) in [6.07, 6.45) is -3.86. The fourth-order valence-electron chi connectivity index (χ4n) is 2.36. The lowest BCUT2D eigenvalue weighted by Gasteiger charge is -2.18. The van der Waals surface area contributed by atoms with Crippen LogP contribution in [-0.4, -0.2) is 48.6 Å². The number of aromatic amines is 1. The van der Waals surface area contributed by atoms with E-state index in [1.165, 1.54) is 7.05 Å². The Morgan fingerprint density at radius 2 is 2.00 bits per heavy atom. The molecule has 2 aromatic rings. The molecule has 130 valence electrons. The van der Waals surface area contributed by atoms with Crippen LogP contribution >= 0.6 is 0 Å². The molecule has 1 heterocycles. The molecule has 0 aliphatic heterocycles. The predicted molar refractivity (Wildman–Crippen MR) is 85.1 cm³/mol. The summed E-state index contributed by atoms with van der Waals surface area (Å²) in [6, 6.07) is 8.45. The van der Waals surface area contributed by atoms with Crippen molar-refractivity contribution in [2.24, 2.45) is 0 Å². The van der Waals surface area contributed by atoms with Crippen molar-refractivity contribution in [1.82, 2.24) is 15.2 Å². The normalized spacial score (nSPS) is 11.9. The first-order valence-corrected chi connectivity index (χ1v) is 7.42. The van der Waals surface area contributed by atoms with E-state index < -0.39 is 18.6 Å². The summed E-state index contributed by atoms with van der Waals surface area (Å²) in [4.78, 5) is 27.6. The Bertz CT molecular complexity index is 771. The second kappa shape index (κ2) is 7.48. The SMILES string of the molecule is CN(CCCNC(=O)c1cc2ccccc2c(=O)[nH]1)CC(F)(F)F. The molecule has 1 aromatic carbocycles. The highest BCUT2D eigenvalue weighted by atomic mass is 19.4. The molecule has 0 aliphatic carbocycles. The number of halogens is 3. The van der Waals surface area contributed by atoms with Gasteiger partial charge in [0.1, 0.15) is 5.69 Å². The third-order valence-corrected chi connectivity index (χ3v) is 3.45. The molecule has 5 nitrogen and oxygen atoms in total. The minimum atomic E-state index is -4.23. The second-order valence-electron chi connectivity index (χ2n) is 5.56. The van der Waals surface area contributed by atoms with Gasteiger partial charge in [0, 0.05) is 11.9 Å².